The van der Waals surface area contributed by atoms with E-state index in [4.69, 9.17) is 17.3 Å². The Morgan fingerprint density at radius 2 is 2.00 bits per heavy atom. The van der Waals surface area contributed by atoms with Crippen LogP contribution in [0.25, 0.3) is 0 Å². The van der Waals surface area contributed by atoms with Gasteiger partial charge in [0.15, 0.2) is 5.78 Å². The number of hydrogen-bond acceptors (Lipinski definition) is 5. The van der Waals surface area contributed by atoms with Crippen LogP contribution in [0, 0.1) is 5.82 Å². The summed E-state index contributed by atoms with van der Waals surface area (Å²) in [5.74, 6) is -0.974. The molecule has 1 aromatic carbocycles. The first-order chi connectivity index (χ1) is 13.6. The molecule has 0 fully saturated rings. The number of nitrogens with two attached hydrogens (primary N) is 1. The van der Waals surface area contributed by atoms with E-state index >= 15 is 4.39 Å². The summed E-state index contributed by atoms with van der Waals surface area (Å²) in [6.07, 6.45) is 2.08. The number of aromatic nitrogens is 1. The van der Waals surface area contributed by atoms with E-state index in [2.05, 4.69) is 10.3 Å². The van der Waals surface area contributed by atoms with Crippen LogP contribution in [-0.2, 0) is 4.79 Å². The van der Waals surface area contributed by atoms with Gasteiger partial charge in [0.2, 0.25) is 5.91 Å². The molecule has 0 saturated carbocycles. The third-order valence-electron chi connectivity index (χ3n) is 4.59. The van der Waals surface area contributed by atoms with Crippen molar-refractivity contribution in [2.24, 2.45) is 5.73 Å². The van der Waals surface area contributed by atoms with E-state index in [1.54, 1.807) is 30.0 Å². The lowest BCUT2D eigenvalue weighted by atomic mass is 9.96. The molecule has 0 saturated heterocycles. The van der Waals surface area contributed by atoms with E-state index in [9.17, 15) is 9.59 Å². The molecule has 2 atom stereocenters. The highest BCUT2D eigenvalue weighted by atomic mass is 35.5. The molecule has 1 amide bonds. The zero-order chi connectivity index (χ0) is 21.7. The fourth-order valence-corrected chi connectivity index (χ4v) is 3.34. The Labute approximate surface area is 178 Å². The van der Waals surface area contributed by atoms with E-state index in [0.29, 0.717) is 17.8 Å². The molecule has 8 heteroatoms. The number of hydrogen-bond donors (Lipinski definition) is 2. The van der Waals surface area contributed by atoms with Gasteiger partial charge in [0, 0.05) is 52.8 Å². The average molecular weight is 425 g/mol. The van der Waals surface area contributed by atoms with Crippen LogP contribution in [0.2, 0.25) is 5.02 Å². The molecular weight excluding hydrogens is 395 g/mol. The number of halogens is 2. The van der Waals surface area contributed by atoms with Crippen molar-refractivity contribution in [3.8, 4) is 0 Å². The van der Waals surface area contributed by atoms with Crippen molar-refractivity contribution in [2.75, 3.05) is 19.0 Å². The van der Waals surface area contributed by atoms with Crippen LogP contribution in [0.3, 0.4) is 0 Å². The van der Waals surface area contributed by atoms with Crippen LogP contribution in [0.1, 0.15) is 57.1 Å². The van der Waals surface area contributed by atoms with Crippen LogP contribution in [-0.4, -0.2) is 36.8 Å². The Morgan fingerprint density at radius 3 is 2.52 bits per heavy atom. The Morgan fingerprint density at radius 1 is 1.31 bits per heavy atom. The molecule has 29 heavy (non-hydrogen) atoms. The van der Waals surface area contributed by atoms with Crippen molar-refractivity contribution in [1.82, 2.24) is 10.3 Å². The third kappa shape index (κ3) is 5.52. The molecular formula is C21H30ClFN4O2. The van der Waals surface area contributed by atoms with Crippen LogP contribution < -0.4 is 16.0 Å². The molecule has 0 unspecified atom stereocenters. The summed E-state index contributed by atoms with van der Waals surface area (Å²) in [7, 11) is 3.67. The van der Waals surface area contributed by atoms with Gasteiger partial charge < -0.3 is 16.0 Å². The quantitative estimate of drug-likeness (QED) is 0.594. The Balaban J connectivity index is 0.00000450. The minimum atomic E-state index is -0.676. The van der Waals surface area contributed by atoms with Gasteiger partial charge in [0.25, 0.3) is 0 Å². The van der Waals surface area contributed by atoms with Crippen molar-refractivity contribution >= 4 is 29.1 Å². The van der Waals surface area contributed by atoms with Crippen molar-refractivity contribution < 1.29 is 16.8 Å². The number of carbonyl (C=O) groups excluding carboxylic acids is 2. The highest BCUT2D eigenvalue weighted by Gasteiger charge is 2.25. The number of nitrogens with one attached hydrogen (secondary N) is 1. The van der Waals surface area contributed by atoms with Crippen molar-refractivity contribution in [3.63, 3.8) is 0 Å². The average Bonchev–Trinajstić information content (AvgIpc) is 2.66. The van der Waals surface area contributed by atoms with Crippen LogP contribution in [0.15, 0.2) is 30.5 Å². The summed E-state index contributed by atoms with van der Waals surface area (Å²) >= 11 is 6.18. The maximum Gasteiger partial charge on any atom is 0.218 e. The molecule has 2 rings (SSSR count). The highest BCUT2D eigenvalue weighted by molar-refractivity contribution is 6.35. The zero-order valence-corrected chi connectivity index (χ0v) is 17.8. The van der Waals surface area contributed by atoms with Gasteiger partial charge in [-0.3, -0.25) is 9.59 Å². The molecule has 0 spiro atoms. The van der Waals surface area contributed by atoms with E-state index < -0.39 is 23.5 Å². The minimum Gasteiger partial charge on any atom is -0.370 e. The molecule has 160 valence electrons. The predicted octanol–water partition coefficient (Wildman–Crippen LogP) is 3.97. The highest BCUT2D eigenvalue weighted by Crippen LogP contribution is 2.30. The molecule has 6 nitrogen and oxygen atoms in total. The zero-order valence-electron chi connectivity index (χ0n) is 17.0. The third-order valence-corrected chi connectivity index (χ3v) is 4.91. The summed E-state index contributed by atoms with van der Waals surface area (Å²) < 4.78 is 15.4. The van der Waals surface area contributed by atoms with Crippen molar-refractivity contribution in [1.29, 1.82) is 0 Å². The summed E-state index contributed by atoms with van der Waals surface area (Å²) in [4.78, 5) is 30.1. The van der Waals surface area contributed by atoms with E-state index in [1.165, 1.54) is 12.3 Å². The van der Waals surface area contributed by atoms with Crippen molar-refractivity contribution in [3.05, 3.63) is 58.0 Å². The number of benzene rings is 1. The molecule has 2 aromatic rings. The number of amides is 1. The van der Waals surface area contributed by atoms with Crippen LogP contribution in [0.5, 0.6) is 0 Å². The lowest BCUT2D eigenvalue weighted by Crippen LogP contribution is -2.34. The first kappa shape index (κ1) is 22.8. The van der Waals surface area contributed by atoms with E-state index in [0.717, 1.165) is 0 Å². The lowest BCUT2D eigenvalue weighted by molar-refractivity contribution is -0.118. The maximum absolute atomic E-state index is 15.4. The van der Waals surface area contributed by atoms with Gasteiger partial charge in [-0.25, -0.2) is 9.37 Å². The second-order valence-electron chi connectivity index (χ2n) is 7.15. The number of pyridine rings is 1. The number of rotatable bonds is 9. The molecule has 0 aliphatic heterocycles. The normalized spacial score (nSPS) is 13.0. The monoisotopic (exact) mass is 424 g/mol. The van der Waals surface area contributed by atoms with Gasteiger partial charge in [-0.2, -0.15) is 0 Å². The van der Waals surface area contributed by atoms with Gasteiger partial charge in [-0.05, 0) is 31.5 Å². The number of primary amides is 1. The van der Waals surface area contributed by atoms with Gasteiger partial charge in [-0.15, -0.1) is 0 Å². The smallest absolute Gasteiger partial charge is 0.218 e. The van der Waals surface area contributed by atoms with Gasteiger partial charge in [-0.1, -0.05) is 24.6 Å². The van der Waals surface area contributed by atoms with Gasteiger partial charge >= 0.3 is 0 Å². The van der Waals surface area contributed by atoms with Gasteiger partial charge in [0.1, 0.15) is 11.6 Å². The largest absolute Gasteiger partial charge is 0.370 e. The Hall–Kier alpha value is -2.51. The fourth-order valence-electron chi connectivity index (χ4n) is 3.11. The summed E-state index contributed by atoms with van der Waals surface area (Å²) in [6, 6.07) is 5.71. The topological polar surface area (TPSA) is 88.3 Å². The predicted molar refractivity (Wildman–Crippen MR) is 117 cm³/mol. The van der Waals surface area contributed by atoms with Crippen molar-refractivity contribution in [2.45, 2.75) is 38.8 Å². The van der Waals surface area contributed by atoms with Gasteiger partial charge in [0.05, 0.1) is 10.6 Å². The lowest BCUT2D eigenvalue weighted by Gasteiger charge is -2.23. The minimum absolute atomic E-state index is 0. The SMILES string of the molecule is CC[C@@H](N[C@@H](C)CC(N)=O)c1ccc(Cl)c(C(=O)c2ccc(N(C)C)nc2)c1F.[HH].[HH]. The molecule has 0 bridgehead atoms. The van der Waals surface area contributed by atoms with E-state index in [1.807, 2.05) is 21.0 Å². The second-order valence-corrected chi connectivity index (χ2v) is 7.56. The van der Waals surface area contributed by atoms with E-state index in [-0.39, 0.29) is 31.5 Å². The molecule has 1 heterocycles. The molecule has 0 aliphatic carbocycles. The summed E-state index contributed by atoms with van der Waals surface area (Å²) in [5.41, 5.74) is 5.61. The number of ketones is 1. The number of anilines is 1. The number of nitrogens with zero attached hydrogens (tertiary/aromatic N) is 2. The number of carbonyl (C=O) groups is 2. The first-order valence-corrected chi connectivity index (χ1v) is 9.73. The van der Waals surface area contributed by atoms with Crippen LogP contribution in [0.4, 0.5) is 10.2 Å². The summed E-state index contributed by atoms with van der Waals surface area (Å²) in [5, 5.41) is 3.22. The molecule has 3 N–H and O–H groups in total. The maximum atomic E-state index is 15.4. The second kappa shape index (κ2) is 9.80. The molecule has 0 radical (unpaired) electrons. The summed E-state index contributed by atoms with van der Waals surface area (Å²) in [6.45, 7) is 3.68. The Kier molecular flexibility index (Phi) is 7.70. The Bertz CT molecular complexity index is 898. The standard InChI is InChI=1S/C21H26ClFN4O2.2H2/c1-5-16(26-12(2)10-17(24)28)14-7-8-15(22)19(20(14)23)21(29)13-6-9-18(25-11-13)27(3)4;;/h6-9,11-12,16,26H,5,10H2,1-4H3,(H2,24,28);2*1H/t12-,16+;;/m0../s1. The molecule has 0 aliphatic rings. The first-order valence-electron chi connectivity index (χ1n) is 9.36. The van der Waals surface area contributed by atoms with Crippen LogP contribution >= 0.6 is 11.6 Å². The molecule has 1 aromatic heterocycles. The fraction of sp³-hybridized carbons (Fsp3) is 0.381.